The van der Waals surface area contributed by atoms with Crippen molar-refractivity contribution in [2.45, 2.75) is 69.2 Å². The Labute approximate surface area is 178 Å². The van der Waals surface area contributed by atoms with Gasteiger partial charge in [0.05, 0.1) is 5.54 Å². The number of likely N-dealkylation sites (tertiary alicyclic amines) is 1. The molecular weight excluding hydrogens is 413 g/mol. The molecule has 2 aliphatic carbocycles. The number of alkyl halides is 3. The van der Waals surface area contributed by atoms with E-state index in [1.807, 2.05) is 11.8 Å². The number of hydrogen-bond acceptors (Lipinski definition) is 4. The topological polar surface area (TPSA) is 67.9 Å². The van der Waals surface area contributed by atoms with E-state index < -0.39 is 23.4 Å². The van der Waals surface area contributed by atoms with Crippen LogP contribution in [0.1, 0.15) is 51.9 Å². The van der Waals surface area contributed by atoms with Crippen LogP contribution in [0, 0.1) is 11.8 Å². The molecule has 5 rings (SSSR count). The third kappa shape index (κ3) is 3.59. The largest absolute Gasteiger partial charge is 0.487 e. The van der Waals surface area contributed by atoms with Crippen molar-refractivity contribution in [2.24, 2.45) is 11.8 Å². The molecule has 170 valence electrons. The number of carbonyl (C=O) groups is 2. The zero-order chi connectivity index (χ0) is 22.0. The fourth-order valence-corrected chi connectivity index (χ4v) is 5.92. The van der Waals surface area contributed by atoms with Crippen molar-refractivity contribution < 1.29 is 32.2 Å². The molecule has 2 amide bonds. The van der Waals surface area contributed by atoms with Crippen molar-refractivity contribution in [3.05, 3.63) is 23.0 Å². The molecular formula is C22H27F3N2O4. The number of piperidine rings is 1. The van der Waals surface area contributed by atoms with Crippen molar-refractivity contribution in [1.29, 1.82) is 0 Å². The van der Waals surface area contributed by atoms with Gasteiger partial charge >= 0.3 is 12.3 Å². The summed E-state index contributed by atoms with van der Waals surface area (Å²) in [5, 5.41) is 2.81. The molecule has 0 aromatic heterocycles. The van der Waals surface area contributed by atoms with Crippen LogP contribution in [-0.4, -0.2) is 53.9 Å². The van der Waals surface area contributed by atoms with Crippen LogP contribution in [0.2, 0.25) is 0 Å². The summed E-state index contributed by atoms with van der Waals surface area (Å²) in [7, 11) is 0. The summed E-state index contributed by atoms with van der Waals surface area (Å²) in [5.74, 6) is 0.634. The number of hydrogen-bond donors (Lipinski definition) is 1. The molecule has 1 saturated carbocycles. The van der Waals surface area contributed by atoms with Gasteiger partial charge in [-0.2, -0.15) is 13.2 Å². The number of nitrogens with zero attached hydrogens (tertiary/aromatic N) is 1. The number of cyclic esters (lactones) is 1. The maximum absolute atomic E-state index is 13.1. The monoisotopic (exact) mass is 440 g/mol. The highest BCUT2D eigenvalue weighted by atomic mass is 19.4. The molecule has 1 N–H and O–H groups in total. The van der Waals surface area contributed by atoms with Gasteiger partial charge < -0.3 is 19.7 Å². The Kier molecular flexibility index (Phi) is 4.61. The second kappa shape index (κ2) is 6.90. The predicted molar refractivity (Wildman–Crippen MR) is 104 cm³/mol. The SMILES string of the molecule is CC1(C2CCN(C(=O)C3CC4(COC(=O)N4)C3)CC2)CC2=C(C=C(C(F)(F)F)CC2)O1. The first-order valence-corrected chi connectivity index (χ1v) is 11.0. The van der Waals surface area contributed by atoms with Gasteiger partial charge in [0.25, 0.3) is 0 Å². The van der Waals surface area contributed by atoms with E-state index in [0.29, 0.717) is 51.1 Å². The van der Waals surface area contributed by atoms with Crippen LogP contribution >= 0.6 is 0 Å². The molecule has 0 radical (unpaired) electrons. The second-order valence-electron chi connectivity index (χ2n) is 9.91. The Bertz CT molecular complexity index is 866. The molecule has 0 bridgehead atoms. The molecule has 9 heteroatoms. The van der Waals surface area contributed by atoms with E-state index in [0.717, 1.165) is 18.4 Å². The van der Waals surface area contributed by atoms with Crippen molar-refractivity contribution in [2.75, 3.05) is 19.7 Å². The van der Waals surface area contributed by atoms with Crippen LogP contribution in [0.25, 0.3) is 0 Å². The van der Waals surface area contributed by atoms with Crippen LogP contribution in [0.4, 0.5) is 18.0 Å². The Morgan fingerprint density at radius 1 is 1.23 bits per heavy atom. The maximum Gasteiger partial charge on any atom is 0.412 e. The van der Waals surface area contributed by atoms with E-state index in [1.54, 1.807) is 0 Å². The Morgan fingerprint density at radius 2 is 1.94 bits per heavy atom. The van der Waals surface area contributed by atoms with Crippen molar-refractivity contribution in [1.82, 2.24) is 10.2 Å². The van der Waals surface area contributed by atoms with E-state index in [-0.39, 0.29) is 29.7 Å². The van der Waals surface area contributed by atoms with Crippen molar-refractivity contribution >= 4 is 12.0 Å². The molecule has 6 nitrogen and oxygen atoms in total. The van der Waals surface area contributed by atoms with Crippen molar-refractivity contribution in [3.8, 4) is 0 Å². The van der Waals surface area contributed by atoms with E-state index in [9.17, 15) is 22.8 Å². The average molecular weight is 440 g/mol. The fourth-order valence-electron chi connectivity index (χ4n) is 5.92. The number of ether oxygens (including phenoxy) is 2. The van der Waals surface area contributed by atoms with E-state index in [4.69, 9.17) is 9.47 Å². The lowest BCUT2D eigenvalue weighted by atomic mass is 9.68. The van der Waals surface area contributed by atoms with Crippen LogP contribution in [-0.2, 0) is 14.3 Å². The second-order valence-corrected chi connectivity index (χ2v) is 9.91. The minimum absolute atomic E-state index is 0.0170. The van der Waals surface area contributed by atoms with Crippen LogP contribution in [0.3, 0.4) is 0 Å². The van der Waals surface area contributed by atoms with Gasteiger partial charge in [0.2, 0.25) is 5.91 Å². The first kappa shape index (κ1) is 20.7. The van der Waals surface area contributed by atoms with Crippen LogP contribution in [0.5, 0.6) is 0 Å². The standard InChI is InChI=1S/C22H27F3N2O4/c1-20(9-13-2-3-16(22(23,24)25)8-17(13)31-20)15-4-6-27(7-5-15)18(28)14-10-21(11-14)12-30-19(29)26-21/h8,14-15H,2-7,9-12H2,1H3,(H,26,29). The summed E-state index contributed by atoms with van der Waals surface area (Å²) in [6.07, 6.45) is 0.317. The molecule has 1 spiro atoms. The number of halogens is 3. The molecule has 31 heavy (non-hydrogen) atoms. The highest BCUT2D eigenvalue weighted by Gasteiger charge is 2.54. The quantitative estimate of drug-likeness (QED) is 0.709. The zero-order valence-electron chi connectivity index (χ0n) is 17.5. The molecule has 2 saturated heterocycles. The van der Waals surface area contributed by atoms with Crippen LogP contribution in [0.15, 0.2) is 23.0 Å². The third-order valence-corrected chi connectivity index (χ3v) is 7.76. The predicted octanol–water partition coefficient (Wildman–Crippen LogP) is 3.83. The molecule has 1 unspecified atom stereocenters. The van der Waals surface area contributed by atoms with E-state index >= 15 is 0 Å². The third-order valence-electron chi connectivity index (χ3n) is 7.76. The number of carbonyl (C=O) groups excluding carboxylic acids is 2. The number of rotatable bonds is 2. The van der Waals surface area contributed by atoms with Gasteiger partial charge in [0.1, 0.15) is 18.0 Å². The Morgan fingerprint density at radius 3 is 2.55 bits per heavy atom. The average Bonchev–Trinajstić information content (AvgIpc) is 3.25. The lowest BCUT2D eigenvalue weighted by Crippen LogP contribution is -2.59. The zero-order valence-corrected chi connectivity index (χ0v) is 17.5. The summed E-state index contributed by atoms with van der Waals surface area (Å²) >= 11 is 0. The maximum atomic E-state index is 13.1. The summed E-state index contributed by atoms with van der Waals surface area (Å²) < 4.78 is 50.3. The molecule has 5 aliphatic rings. The lowest BCUT2D eigenvalue weighted by molar-refractivity contribution is -0.144. The van der Waals surface area contributed by atoms with Gasteiger partial charge in [-0.15, -0.1) is 0 Å². The molecule has 0 aromatic carbocycles. The number of amides is 2. The number of allylic oxidation sites excluding steroid dienone is 2. The molecule has 0 aromatic rings. The molecule has 3 fully saturated rings. The van der Waals surface area contributed by atoms with Gasteiger partial charge in [-0.25, -0.2) is 4.79 Å². The summed E-state index contributed by atoms with van der Waals surface area (Å²) in [4.78, 5) is 26.0. The summed E-state index contributed by atoms with van der Waals surface area (Å²) in [6.45, 7) is 3.58. The molecule has 3 aliphatic heterocycles. The summed E-state index contributed by atoms with van der Waals surface area (Å²) in [6, 6.07) is 0. The van der Waals surface area contributed by atoms with Gasteiger partial charge in [0, 0.05) is 36.9 Å². The number of alkyl carbamates (subject to hydrolysis) is 1. The highest BCUT2D eigenvalue weighted by Crippen LogP contribution is 2.49. The molecule has 3 heterocycles. The fraction of sp³-hybridized carbons (Fsp3) is 0.727. The lowest BCUT2D eigenvalue weighted by Gasteiger charge is -2.46. The minimum Gasteiger partial charge on any atom is -0.487 e. The van der Waals surface area contributed by atoms with Gasteiger partial charge in [-0.05, 0) is 57.1 Å². The highest BCUT2D eigenvalue weighted by molar-refractivity contribution is 5.81. The van der Waals surface area contributed by atoms with Crippen molar-refractivity contribution in [3.63, 3.8) is 0 Å². The Balaban J connectivity index is 1.15. The normalized spacial score (nSPS) is 35.9. The summed E-state index contributed by atoms with van der Waals surface area (Å²) in [5.41, 5.74) is -0.412. The smallest absolute Gasteiger partial charge is 0.412 e. The Hall–Kier alpha value is -2.19. The molecule has 1 atom stereocenters. The van der Waals surface area contributed by atoms with Gasteiger partial charge in [-0.1, -0.05) is 0 Å². The van der Waals surface area contributed by atoms with Gasteiger partial charge in [0.15, 0.2) is 0 Å². The number of nitrogens with one attached hydrogen (secondary N) is 1. The van der Waals surface area contributed by atoms with Gasteiger partial charge in [-0.3, -0.25) is 4.79 Å². The van der Waals surface area contributed by atoms with E-state index in [2.05, 4.69) is 5.32 Å². The van der Waals surface area contributed by atoms with E-state index in [1.165, 1.54) is 6.08 Å². The minimum atomic E-state index is -4.31. The van der Waals surface area contributed by atoms with Crippen LogP contribution < -0.4 is 5.32 Å². The first-order valence-electron chi connectivity index (χ1n) is 11.0. The first-order chi connectivity index (χ1) is 14.6.